The van der Waals surface area contributed by atoms with Crippen LogP contribution in [0.25, 0.3) is 109 Å². The third-order valence-corrected chi connectivity index (χ3v) is 21.2. The van der Waals surface area contributed by atoms with Crippen molar-refractivity contribution in [2.45, 2.75) is 91.9 Å². The summed E-state index contributed by atoms with van der Waals surface area (Å²) < 4.78 is 0. The average molecular weight is 1190 g/mol. The topological polar surface area (TPSA) is 6.48 Å². The highest BCUT2D eigenvalue weighted by molar-refractivity contribution is 6.48. The fraction of sp³-hybridized carbons (Fsp3) is 0.178. The molecule has 0 unspecified atom stereocenters. The lowest BCUT2D eigenvalue weighted by atomic mass is 9.80. The average Bonchev–Trinajstić information content (AvgIpc) is 0.682. The fourth-order valence-corrected chi connectivity index (χ4v) is 16.6. The summed E-state index contributed by atoms with van der Waals surface area (Å²) >= 11 is 0. The molecule has 15 aromatic rings. The quantitative estimate of drug-likeness (QED) is 0.0683. The molecule has 2 saturated carbocycles. The third kappa shape index (κ3) is 9.60. The van der Waals surface area contributed by atoms with Crippen molar-refractivity contribution >= 4 is 144 Å². The van der Waals surface area contributed by atoms with Crippen molar-refractivity contribution in [3.8, 4) is 0 Å². The molecule has 2 heteroatoms. The molecule has 15 aromatic carbocycles. The number of fused-ring (bicyclic) bond motifs is 6. The van der Waals surface area contributed by atoms with Crippen LogP contribution >= 0.6 is 0 Å². The van der Waals surface area contributed by atoms with Crippen LogP contribution in [0.4, 0.5) is 34.1 Å². The highest BCUT2D eigenvalue weighted by Gasteiger charge is 2.27. The molecule has 17 rings (SSSR count). The number of nitrogens with zero attached hydrogens (tertiary/aromatic N) is 2. The second-order valence-electron chi connectivity index (χ2n) is 27.1. The van der Waals surface area contributed by atoms with E-state index in [-0.39, 0.29) is 0 Å². The Morgan fingerprint density at radius 1 is 0.261 bits per heavy atom. The third-order valence-electron chi connectivity index (χ3n) is 21.2. The first-order valence-corrected chi connectivity index (χ1v) is 33.9. The van der Waals surface area contributed by atoms with E-state index in [0.717, 1.165) is 22.7 Å². The van der Waals surface area contributed by atoms with Gasteiger partial charge in [0.25, 0.3) is 0 Å². The molecule has 2 fully saturated rings. The van der Waals surface area contributed by atoms with Crippen LogP contribution in [-0.2, 0) is 0 Å². The maximum atomic E-state index is 2.49. The van der Waals surface area contributed by atoms with Gasteiger partial charge < -0.3 is 9.80 Å². The van der Waals surface area contributed by atoms with Crippen molar-refractivity contribution in [1.29, 1.82) is 0 Å². The van der Waals surface area contributed by atoms with Crippen LogP contribution in [0.1, 0.15) is 109 Å². The molecule has 446 valence electrons. The second kappa shape index (κ2) is 23.0. The molecule has 2 nitrogen and oxygen atoms in total. The van der Waals surface area contributed by atoms with Crippen LogP contribution < -0.4 is 9.80 Å². The summed E-state index contributed by atoms with van der Waals surface area (Å²) in [6, 6.07) is 93.3. The van der Waals surface area contributed by atoms with Crippen LogP contribution in [0.3, 0.4) is 0 Å². The second-order valence-corrected chi connectivity index (χ2v) is 27.1. The van der Waals surface area contributed by atoms with Crippen LogP contribution in [-0.4, -0.2) is 0 Å². The van der Waals surface area contributed by atoms with Gasteiger partial charge in [-0.1, -0.05) is 255 Å². The largest absolute Gasteiger partial charge is 0.310 e. The first kappa shape index (κ1) is 56.0. The van der Waals surface area contributed by atoms with Gasteiger partial charge in [0.05, 0.1) is 11.4 Å². The minimum Gasteiger partial charge on any atom is -0.310 e. The Labute approximate surface area is 541 Å². The molecule has 0 aromatic heterocycles. The van der Waals surface area contributed by atoms with E-state index in [1.807, 2.05) is 0 Å². The number of anilines is 6. The number of hydrogen-bond donors (Lipinski definition) is 0. The SMILES string of the molecule is Cc1ccc(/C(=C/c2ccc(N(c3ccc(C)cc3)c3ccc4c5cccc6c5c(c5cccc3c45)c3cccc4c5ccc(N(c7ccc(C)cc7)c7ccc(/C=C(/c8ccc(C)cc8)C8CCCCC8)cc7)c7cccc(c75)c6c43)cc2)C2CCCCC2)cc1. The number of aryl methyl sites for hydroxylation is 4. The van der Waals surface area contributed by atoms with Crippen molar-refractivity contribution in [3.63, 3.8) is 0 Å². The van der Waals surface area contributed by atoms with Crippen molar-refractivity contribution in [3.05, 3.63) is 287 Å². The summed E-state index contributed by atoms with van der Waals surface area (Å²) in [6.07, 6.45) is 17.9. The minimum absolute atomic E-state index is 0.579. The van der Waals surface area contributed by atoms with Crippen molar-refractivity contribution in [1.82, 2.24) is 0 Å². The van der Waals surface area contributed by atoms with Crippen molar-refractivity contribution in [2.75, 3.05) is 9.80 Å². The molecule has 92 heavy (non-hydrogen) atoms. The Balaban J connectivity index is 0.824. The molecule has 0 heterocycles. The standard InChI is InChI=1S/C90H76N2/c1-57-27-39-65(40-28-57)81(63-15-7-5-8-16-63)55-61-35-47-69(48-36-61)91(67-43-31-59(3)32-44-67)83-53-51-73-71-19-11-26-80-87(71)89(77-23-13-21-75(83)85(73)77)79-25-12-20-72-74-52-54-84(76-22-14-24-78(86(74)76)90(80)88(72)79)92(68-45-33-60(4)34-46-68)70-49-37-62(38-50-70)56-82(64-17-9-6-10-18-64)66-41-29-58(2)30-42-66/h11-14,19-56,63-64H,5-10,15-18H2,1-4H3/b81-55+,82-56+. The zero-order chi connectivity index (χ0) is 61.6. The highest BCUT2D eigenvalue weighted by Crippen LogP contribution is 2.54. The summed E-state index contributed by atoms with van der Waals surface area (Å²) in [5.41, 5.74) is 20.2. The van der Waals surface area contributed by atoms with Gasteiger partial charge in [-0.2, -0.15) is 0 Å². The molecule has 0 spiro atoms. The molecule has 0 bridgehead atoms. The van der Waals surface area contributed by atoms with Gasteiger partial charge in [-0.15, -0.1) is 0 Å². The number of benzene rings is 15. The molecular formula is C90H76N2. The van der Waals surface area contributed by atoms with Gasteiger partial charge in [-0.25, -0.2) is 0 Å². The van der Waals surface area contributed by atoms with Crippen molar-refractivity contribution < 1.29 is 0 Å². The van der Waals surface area contributed by atoms with Crippen LogP contribution in [0.15, 0.2) is 243 Å². The molecule has 0 radical (unpaired) electrons. The lowest BCUT2D eigenvalue weighted by Crippen LogP contribution is -2.11. The molecular weight excluding hydrogens is 1110 g/mol. The molecule has 0 atom stereocenters. The van der Waals surface area contributed by atoms with Gasteiger partial charge >= 0.3 is 0 Å². The molecule has 2 aliphatic rings. The summed E-state index contributed by atoms with van der Waals surface area (Å²) in [5, 5.41) is 20.7. The highest BCUT2D eigenvalue weighted by atomic mass is 15.1. The van der Waals surface area contributed by atoms with Crippen LogP contribution in [0.5, 0.6) is 0 Å². The zero-order valence-electron chi connectivity index (χ0n) is 53.4. The van der Waals surface area contributed by atoms with E-state index < -0.39 is 0 Å². The molecule has 0 aliphatic heterocycles. The van der Waals surface area contributed by atoms with E-state index in [4.69, 9.17) is 0 Å². The van der Waals surface area contributed by atoms with Gasteiger partial charge in [-0.05, 0) is 235 Å². The Hall–Kier alpha value is -10.0. The van der Waals surface area contributed by atoms with Gasteiger partial charge in [0.2, 0.25) is 0 Å². The van der Waals surface area contributed by atoms with E-state index in [9.17, 15) is 0 Å². The monoisotopic (exact) mass is 1180 g/mol. The van der Waals surface area contributed by atoms with Gasteiger partial charge in [0.1, 0.15) is 0 Å². The Morgan fingerprint density at radius 2 is 0.533 bits per heavy atom. The van der Waals surface area contributed by atoms with Crippen LogP contribution in [0.2, 0.25) is 0 Å². The summed E-state index contributed by atoms with van der Waals surface area (Å²) in [4.78, 5) is 4.98. The van der Waals surface area contributed by atoms with E-state index in [0.29, 0.717) is 11.8 Å². The normalized spacial score (nSPS) is 14.8. The minimum atomic E-state index is 0.579. The maximum absolute atomic E-state index is 2.49. The molecule has 0 amide bonds. The molecule has 2 aliphatic carbocycles. The predicted octanol–water partition coefficient (Wildman–Crippen LogP) is 26.2. The summed E-state index contributed by atoms with van der Waals surface area (Å²) in [6.45, 7) is 8.74. The van der Waals surface area contributed by atoms with E-state index in [1.165, 1.54) is 217 Å². The Kier molecular flexibility index (Phi) is 14.0. The maximum Gasteiger partial charge on any atom is 0.0540 e. The summed E-state index contributed by atoms with van der Waals surface area (Å²) in [7, 11) is 0. The van der Waals surface area contributed by atoms with E-state index in [2.05, 4.69) is 292 Å². The smallest absolute Gasteiger partial charge is 0.0540 e. The zero-order valence-corrected chi connectivity index (χ0v) is 53.4. The predicted molar refractivity (Wildman–Crippen MR) is 399 cm³/mol. The Bertz CT molecular complexity index is 4990. The summed E-state index contributed by atoms with van der Waals surface area (Å²) in [5.74, 6) is 1.16. The first-order chi connectivity index (χ1) is 45.3. The van der Waals surface area contributed by atoms with Crippen LogP contribution in [0, 0.1) is 39.5 Å². The number of hydrogen-bond acceptors (Lipinski definition) is 2. The van der Waals surface area contributed by atoms with Gasteiger partial charge in [-0.3, -0.25) is 0 Å². The van der Waals surface area contributed by atoms with Gasteiger partial charge in [0, 0.05) is 33.5 Å². The van der Waals surface area contributed by atoms with Gasteiger partial charge in [0.15, 0.2) is 0 Å². The first-order valence-electron chi connectivity index (χ1n) is 33.9. The van der Waals surface area contributed by atoms with Crippen molar-refractivity contribution in [2.24, 2.45) is 11.8 Å². The lowest BCUT2D eigenvalue weighted by molar-refractivity contribution is 0.430. The number of rotatable bonds is 12. The van der Waals surface area contributed by atoms with E-state index >= 15 is 0 Å². The molecule has 0 N–H and O–H groups in total. The fourth-order valence-electron chi connectivity index (χ4n) is 16.6. The van der Waals surface area contributed by atoms with E-state index in [1.54, 1.807) is 0 Å². The lowest BCUT2D eigenvalue weighted by Gasteiger charge is -2.29. The number of allylic oxidation sites excluding steroid dienone is 2. The Morgan fingerprint density at radius 3 is 0.880 bits per heavy atom. The molecule has 0 saturated heterocycles.